The van der Waals surface area contributed by atoms with Gasteiger partial charge in [0.05, 0.1) is 37.4 Å². The zero-order chi connectivity index (χ0) is 16.1. The summed E-state index contributed by atoms with van der Waals surface area (Å²) in [6.07, 6.45) is 1.82. The zero-order valence-electron chi connectivity index (χ0n) is 12.9. The van der Waals surface area contributed by atoms with E-state index in [0.717, 1.165) is 38.3 Å². The van der Waals surface area contributed by atoms with Gasteiger partial charge in [0, 0.05) is 16.1 Å². The highest BCUT2D eigenvalue weighted by atomic mass is 35.5. The van der Waals surface area contributed by atoms with Gasteiger partial charge in [0.25, 0.3) is 0 Å². The molecule has 1 saturated heterocycles. The highest BCUT2D eigenvalue weighted by Gasteiger charge is 2.18. The molecule has 0 atom stereocenters. The van der Waals surface area contributed by atoms with Crippen LogP contribution in [0.5, 0.6) is 0 Å². The van der Waals surface area contributed by atoms with Crippen molar-refractivity contribution in [1.29, 1.82) is 0 Å². The van der Waals surface area contributed by atoms with Crippen LogP contribution in [0, 0.1) is 0 Å². The number of hydrazone groups is 1. The van der Waals surface area contributed by atoms with Gasteiger partial charge in [-0.3, -0.25) is 5.01 Å². The molecule has 0 unspecified atom stereocenters. The first-order valence-electron chi connectivity index (χ1n) is 7.82. The van der Waals surface area contributed by atoms with Gasteiger partial charge in [0.15, 0.2) is 0 Å². The van der Waals surface area contributed by atoms with Crippen LogP contribution in [0.15, 0.2) is 53.6 Å². The molecule has 120 valence electrons. The summed E-state index contributed by atoms with van der Waals surface area (Å²) in [6.45, 7) is 5.20. The van der Waals surface area contributed by atoms with Crippen molar-refractivity contribution < 1.29 is 4.90 Å². The fourth-order valence-corrected chi connectivity index (χ4v) is 3.20. The van der Waals surface area contributed by atoms with E-state index in [2.05, 4.69) is 40.4 Å². The molecule has 3 rings (SSSR count). The lowest BCUT2D eigenvalue weighted by Crippen LogP contribution is -3.13. The van der Waals surface area contributed by atoms with E-state index in [1.165, 1.54) is 5.56 Å². The number of piperazine rings is 1. The Balaban J connectivity index is 1.52. The quantitative estimate of drug-likeness (QED) is 0.842. The van der Waals surface area contributed by atoms with Crippen LogP contribution < -0.4 is 4.90 Å². The van der Waals surface area contributed by atoms with E-state index in [4.69, 9.17) is 23.2 Å². The molecular formula is C18H20Cl2N3+. The third kappa shape index (κ3) is 4.71. The molecule has 2 aromatic rings. The number of benzene rings is 2. The highest BCUT2D eigenvalue weighted by Crippen LogP contribution is 2.19. The molecule has 1 aliphatic heterocycles. The summed E-state index contributed by atoms with van der Waals surface area (Å²) in [6, 6.07) is 16.1. The Labute approximate surface area is 147 Å². The second-order valence-electron chi connectivity index (χ2n) is 5.78. The molecule has 0 bridgehead atoms. The van der Waals surface area contributed by atoms with Crippen LogP contribution in [-0.2, 0) is 6.54 Å². The second-order valence-corrected chi connectivity index (χ2v) is 6.62. The molecule has 1 aliphatic rings. The molecular weight excluding hydrogens is 329 g/mol. The van der Waals surface area contributed by atoms with Crippen molar-refractivity contribution in [3.63, 3.8) is 0 Å². The molecule has 0 aromatic heterocycles. The maximum absolute atomic E-state index is 6.16. The summed E-state index contributed by atoms with van der Waals surface area (Å²) < 4.78 is 0. The zero-order valence-corrected chi connectivity index (χ0v) is 14.4. The van der Waals surface area contributed by atoms with Crippen LogP contribution in [0.1, 0.15) is 11.1 Å². The van der Waals surface area contributed by atoms with Gasteiger partial charge in [-0.25, -0.2) is 0 Å². The normalized spacial score (nSPS) is 16.2. The Kier molecular flexibility index (Phi) is 5.55. The maximum Gasteiger partial charge on any atom is 0.103 e. The van der Waals surface area contributed by atoms with Gasteiger partial charge in [-0.1, -0.05) is 59.6 Å². The van der Waals surface area contributed by atoms with Gasteiger partial charge in [0.2, 0.25) is 0 Å². The van der Waals surface area contributed by atoms with E-state index >= 15 is 0 Å². The van der Waals surface area contributed by atoms with Gasteiger partial charge in [-0.15, -0.1) is 0 Å². The third-order valence-corrected chi connectivity index (χ3v) is 4.63. The molecule has 2 aromatic carbocycles. The Morgan fingerprint density at radius 1 is 1.04 bits per heavy atom. The molecule has 5 heteroatoms. The molecule has 3 nitrogen and oxygen atoms in total. The minimum atomic E-state index is 0.634. The summed E-state index contributed by atoms with van der Waals surface area (Å²) in [5.74, 6) is 0. The SMILES string of the molecule is Clc1ccc(/C=N/N2CC[NH+](Cc3ccccc3)CC2)c(Cl)c1. The van der Waals surface area contributed by atoms with E-state index in [1.807, 2.05) is 18.3 Å². The van der Waals surface area contributed by atoms with Crippen LogP contribution in [-0.4, -0.2) is 37.4 Å². The van der Waals surface area contributed by atoms with E-state index in [9.17, 15) is 0 Å². The topological polar surface area (TPSA) is 20.0 Å². The lowest BCUT2D eigenvalue weighted by molar-refractivity contribution is -0.918. The minimum Gasteiger partial charge on any atom is -0.328 e. The van der Waals surface area contributed by atoms with E-state index in [1.54, 1.807) is 11.0 Å². The molecule has 0 spiro atoms. The predicted molar refractivity (Wildman–Crippen MR) is 96.5 cm³/mol. The highest BCUT2D eigenvalue weighted by molar-refractivity contribution is 6.36. The summed E-state index contributed by atoms with van der Waals surface area (Å²) in [5.41, 5.74) is 2.29. The average Bonchev–Trinajstić information content (AvgIpc) is 2.56. The monoisotopic (exact) mass is 348 g/mol. The Morgan fingerprint density at radius 2 is 1.78 bits per heavy atom. The van der Waals surface area contributed by atoms with Crippen molar-refractivity contribution >= 4 is 29.4 Å². The lowest BCUT2D eigenvalue weighted by atomic mass is 10.2. The van der Waals surface area contributed by atoms with Crippen LogP contribution in [0.25, 0.3) is 0 Å². The summed E-state index contributed by atoms with van der Waals surface area (Å²) >= 11 is 12.1. The number of quaternary nitrogens is 1. The summed E-state index contributed by atoms with van der Waals surface area (Å²) in [5, 5.41) is 7.94. The van der Waals surface area contributed by atoms with Crippen LogP contribution in [0.2, 0.25) is 10.0 Å². The van der Waals surface area contributed by atoms with Crippen molar-refractivity contribution in [2.45, 2.75) is 6.54 Å². The number of nitrogens with one attached hydrogen (secondary N) is 1. The molecule has 0 radical (unpaired) electrons. The summed E-state index contributed by atoms with van der Waals surface area (Å²) in [7, 11) is 0. The van der Waals surface area contributed by atoms with Gasteiger partial charge in [-0.05, 0) is 12.1 Å². The third-order valence-electron chi connectivity index (χ3n) is 4.07. The van der Waals surface area contributed by atoms with Crippen molar-refractivity contribution in [3.05, 3.63) is 69.7 Å². The molecule has 0 aliphatic carbocycles. The molecule has 1 N–H and O–H groups in total. The maximum atomic E-state index is 6.16. The van der Waals surface area contributed by atoms with Crippen molar-refractivity contribution in [1.82, 2.24) is 5.01 Å². The van der Waals surface area contributed by atoms with Crippen molar-refractivity contribution in [2.75, 3.05) is 26.2 Å². The standard InChI is InChI=1S/C18H19Cl2N3/c19-17-7-6-16(18(20)12-17)13-21-23-10-8-22(9-11-23)14-15-4-2-1-3-5-15/h1-7,12-13H,8-11,14H2/p+1/b21-13+. The predicted octanol–water partition coefficient (Wildman–Crippen LogP) is 2.73. The Hall–Kier alpha value is -1.55. The van der Waals surface area contributed by atoms with Gasteiger partial charge in [-0.2, -0.15) is 5.10 Å². The largest absolute Gasteiger partial charge is 0.328 e. The van der Waals surface area contributed by atoms with Crippen LogP contribution >= 0.6 is 23.2 Å². The first kappa shape index (κ1) is 16.3. The number of rotatable bonds is 4. The Morgan fingerprint density at radius 3 is 2.48 bits per heavy atom. The van der Waals surface area contributed by atoms with E-state index < -0.39 is 0 Å². The van der Waals surface area contributed by atoms with Gasteiger partial charge < -0.3 is 4.90 Å². The number of hydrogen-bond donors (Lipinski definition) is 1. The van der Waals surface area contributed by atoms with Crippen LogP contribution in [0.4, 0.5) is 0 Å². The van der Waals surface area contributed by atoms with Crippen molar-refractivity contribution in [3.8, 4) is 0 Å². The first-order chi connectivity index (χ1) is 11.2. The molecule has 0 amide bonds. The Bertz CT molecular complexity index is 665. The van der Waals surface area contributed by atoms with Crippen LogP contribution in [0.3, 0.4) is 0 Å². The fraction of sp³-hybridized carbons (Fsp3) is 0.278. The average molecular weight is 349 g/mol. The minimum absolute atomic E-state index is 0.634. The molecule has 23 heavy (non-hydrogen) atoms. The fourth-order valence-electron chi connectivity index (χ4n) is 2.74. The lowest BCUT2D eigenvalue weighted by Gasteiger charge is -2.30. The van der Waals surface area contributed by atoms with E-state index in [0.29, 0.717) is 10.0 Å². The van der Waals surface area contributed by atoms with Crippen molar-refractivity contribution in [2.24, 2.45) is 5.10 Å². The molecule has 0 saturated carbocycles. The number of halogens is 2. The number of hydrogen-bond acceptors (Lipinski definition) is 2. The first-order valence-corrected chi connectivity index (χ1v) is 8.58. The number of nitrogens with zero attached hydrogens (tertiary/aromatic N) is 2. The van der Waals surface area contributed by atoms with Gasteiger partial charge >= 0.3 is 0 Å². The van der Waals surface area contributed by atoms with E-state index in [-0.39, 0.29) is 0 Å². The molecule has 1 fully saturated rings. The smallest absolute Gasteiger partial charge is 0.103 e. The second kappa shape index (κ2) is 7.82. The molecule has 1 heterocycles. The summed E-state index contributed by atoms with van der Waals surface area (Å²) in [4.78, 5) is 1.60. The van der Waals surface area contributed by atoms with Gasteiger partial charge in [0.1, 0.15) is 6.54 Å².